The molecule has 4 aliphatic rings. The number of hydrogen-bond acceptors (Lipinski definition) is 2. The van der Waals surface area contributed by atoms with Crippen LogP contribution >= 0.6 is 0 Å². The van der Waals surface area contributed by atoms with Gasteiger partial charge in [-0.05, 0) is 67.3 Å². The average Bonchev–Trinajstić information content (AvgIpc) is 2.46. The van der Waals surface area contributed by atoms with Crippen LogP contribution in [0.5, 0.6) is 0 Å². The van der Waals surface area contributed by atoms with Gasteiger partial charge in [-0.15, -0.1) is 0 Å². The van der Waals surface area contributed by atoms with Crippen molar-refractivity contribution in [1.82, 2.24) is 10.9 Å². The zero-order valence-corrected chi connectivity index (χ0v) is 12.2. The molecule has 0 heterocycles. The molecule has 2 N–H and O–H groups in total. The maximum Gasteiger partial charge on any atom is 0.0351 e. The van der Waals surface area contributed by atoms with E-state index in [0.29, 0.717) is 0 Å². The molecule has 108 valence electrons. The lowest BCUT2D eigenvalue weighted by Gasteiger charge is -2.54. The van der Waals surface area contributed by atoms with E-state index < -0.39 is 0 Å². The summed E-state index contributed by atoms with van der Waals surface area (Å²) in [7, 11) is 0. The second-order valence-electron chi connectivity index (χ2n) is 7.31. The molecule has 1 aromatic carbocycles. The van der Waals surface area contributed by atoms with E-state index in [1.165, 1.54) is 37.8 Å². The van der Waals surface area contributed by atoms with Gasteiger partial charge in [-0.2, -0.15) is 0 Å². The molecule has 0 atom stereocenters. The van der Waals surface area contributed by atoms with Gasteiger partial charge in [0.2, 0.25) is 0 Å². The quantitative estimate of drug-likeness (QED) is 0.633. The Kier molecular flexibility index (Phi) is 3.53. The van der Waals surface area contributed by atoms with Crippen molar-refractivity contribution in [2.75, 3.05) is 6.54 Å². The fraction of sp³-hybridized carbons (Fsp3) is 0.667. The minimum Gasteiger partial charge on any atom is -0.257 e. The predicted molar refractivity (Wildman–Crippen MR) is 81.8 cm³/mol. The van der Waals surface area contributed by atoms with Crippen LogP contribution in [-0.2, 0) is 6.54 Å². The topological polar surface area (TPSA) is 24.1 Å². The molecule has 2 nitrogen and oxygen atoms in total. The molecule has 4 saturated carbocycles. The highest BCUT2D eigenvalue weighted by atomic mass is 15.3. The van der Waals surface area contributed by atoms with Gasteiger partial charge >= 0.3 is 0 Å². The maximum absolute atomic E-state index is 3.51. The van der Waals surface area contributed by atoms with Crippen LogP contribution in [0.25, 0.3) is 0 Å². The monoisotopic (exact) mass is 270 g/mol. The van der Waals surface area contributed by atoms with Crippen molar-refractivity contribution in [3.8, 4) is 0 Å². The molecule has 0 saturated heterocycles. The number of hydrogen-bond donors (Lipinski definition) is 2. The molecule has 20 heavy (non-hydrogen) atoms. The van der Waals surface area contributed by atoms with Crippen LogP contribution < -0.4 is 10.9 Å². The molecule has 0 spiro atoms. The van der Waals surface area contributed by atoms with Gasteiger partial charge in [0.25, 0.3) is 0 Å². The van der Waals surface area contributed by atoms with Crippen LogP contribution in [0.1, 0.15) is 37.7 Å². The van der Waals surface area contributed by atoms with Gasteiger partial charge in [-0.3, -0.25) is 10.9 Å². The Morgan fingerprint density at radius 1 is 0.800 bits per heavy atom. The number of rotatable bonds is 5. The van der Waals surface area contributed by atoms with Crippen molar-refractivity contribution in [1.29, 1.82) is 0 Å². The van der Waals surface area contributed by atoms with Crippen molar-refractivity contribution in [3.63, 3.8) is 0 Å². The van der Waals surface area contributed by atoms with Crippen LogP contribution in [0.3, 0.4) is 0 Å². The van der Waals surface area contributed by atoms with Crippen molar-refractivity contribution in [3.05, 3.63) is 35.9 Å². The summed E-state index contributed by atoms with van der Waals surface area (Å²) in [6.45, 7) is 2.09. The third-order valence-corrected chi connectivity index (χ3v) is 6.02. The molecule has 5 rings (SSSR count). The summed E-state index contributed by atoms with van der Waals surface area (Å²) in [4.78, 5) is 0. The van der Waals surface area contributed by atoms with Crippen molar-refractivity contribution < 1.29 is 0 Å². The summed E-state index contributed by atoms with van der Waals surface area (Å²) in [6.07, 6.45) is 7.66. The lowest BCUT2D eigenvalue weighted by molar-refractivity contribution is -0.0366. The second kappa shape index (κ2) is 5.50. The lowest BCUT2D eigenvalue weighted by Crippen LogP contribution is -2.50. The zero-order chi connectivity index (χ0) is 13.4. The van der Waals surface area contributed by atoms with E-state index in [2.05, 4.69) is 41.2 Å². The standard InChI is InChI=1S/C18H26N2/c1-2-4-13(5-3-1)11-19-20-12-18-16-7-14-6-15(9-16)10-17(18)8-14/h1-5,14-20H,6-12H2. The Morgan fingerprint density at radius 2 is 1.45 bits per heavy atom. The summed E-state index contributed by atoms with van der Waals surface area (Å²) in [6, 6.07) is 10.6. The van der Waals surface area contributed by atoms with Crippen molar-refractivity contribution in [2.45, 2.75) is 38.6 Å². The fourth-order valence-electron chi connectivity index (χ4n) is 5.32. The molecular formula is C18H26N2. The molecular weight excluding hydrogens is 244 g/mol. The highest BCUT2D eigenvalue weighted by Crippen LogP contribution is 2.56. The Bertz CT molecular complexity index is 414. The highest BCUT2D eigenvalue weighted by Gasteiger charge is 2.47. The smallest absolute Gasteiger partial charge is 0.0351 e. The fourth-order valence-corrected chi connectivity index (χ4v) is 5.32. The zero-order valence-electron chi connectivity index (χ0n) is 12.2. The number of nitrogens with one attached hydrogen (secondary N) is 2. The summed E-state index contributed by atoms with van der Waals surface area (Å²) in [5, 5.41) is 0. The van der Waals surface area contributed by atoms with Gasteiger partial charge < -0.3 is 0 Å². The van der Waals surface area contributed by atoms with Crippen LogP contribution in [0.15, 0.2) is 30.3 Å². The summed E-state index contributed by atoms with van der Waals surface area (Å²) in [5.74, 6) is 5.16. The Morgan fingerprint density at radius 3 is 2.10 bits per heavy atom. The van der Waals surface area contributed by atoms with Gasteiger partial charge in [-0.25, -0.2) is 0 Å². The van der Waals surface area contributed by atoms with Gasteiger partial charge in [0.1, 0.15) is 0 Å². The third-order valence-electron chi connectivity index (χ3n) is 6.02. The van der Waals surface area contributed by atoms with Crippen molar-refractivity contribution in [2.24, 2.45) is 29.6 Å². The van der Waals surface area contributed by atoms with E-state index in [9.17, 15) is 0 Å². The van der Waals surface area contributed by atoms with Gasteiger partial charge in [0, 0.05) is 13.1 Å². The number of benzene rings is 1. The van der Waals surface area contributed by atoms with E-state index in [-0.39, 0.29) is 0 Å². The van der Waals surface area contributed by atoms with E-state index in [0.717, 1.165) is 36.1 Å². The molecule has 0 radical (unpaired) electrons. The van der Waals surface area contributed by atoms with Crippen LogP contribution in [0.2, 0.25) is 0 Å². The average molecular weight is 270 g/mol. The van der Waals surface area contributed by atoms with Gasteiger partial charge in [0.15, 0.2) is 0 Å². The predicted octanol–water partition coefficient (Wildman–Crippen LogP) is 3.35. The van der Waals surface area contributed by atoms with E-state index in [1.54, 1.807) is 6.42 Å². The second-order valence-corrected chi connectivity index (χ2v) is 7.31. The SMILES string of the molecule is c1ccc(CNNCC2C3CC4CC(C3)CC2C4)cc1. The molecule has 0 unspecified atom stereocenters. The summed E-state index contributed by atoms with van der Waals surface area (Å²) < 4.78 is 0. The first-order chi connectivity index (χ1) is 9.88. The largest absolute Gasteiger partial charge is 0.257 e. The number of hydrazine groups is 1. The molecule has 4 aliphatic carbocycles. The van der Waals surface area contributed by atoms with E-state index in [4.69, 9.17) is 0 Å². The molecule has 4 fully saturated rings. The Balaban J connectivity index is 1.26. The summed E-state index contributed by atoms with van der Waals surface area (Å²) >= 11 is 0. The maximum atomic E-state index is 3.51. The molecule has 0 aliphatic heterocycles. The van der Waals surface area contributed by atoms with Crippen LogP contribution in [0, 0.1) is 29.6 Å². The van der Waals surface area contributed by atoms with Gasteiger partial charge in [0.05, 0.1) is 0 Å². The Labute approximate surface area is 122 Å². The third kappa shape index (κ3) is 2.51. The molecule has 1 aromatic rings. The molecule has 0 amide bonds. The van der Waals surface area contributed by atoms with E-state index >= 15 is 0 Å². The first-order valence-electron chi connectivity index (χ1n) is 8.38. The minimum atomic E-state index is 0.925. The lowest BCUT2D eigenvalue weighted by atomic mass is 9.52. The Hall–Kier alpha value is -0.860. The molecule has 4 bridgehead atoms. The first-order valence-corrected chi connectivity index (χ1v) is 8.38. The van der Waals surface area contributed by atoms with Crippen LogP contribution in [0.4, 0.5) is 0 Å². The first kappa shape index (κ1) is 12.8. The highest BCUT2D eigenvalue weighted by molar-refractivity contribution is 5.14. The van der Waals surface area contributed by atoms with Crippen molar-refractivity contribution >= 4 is 0 Å². The van der Waals surface area contributed by atoms with E-state index in [1.807, 2.05) is 0 Å². The van der Waals surface area contributed by atoms with Gasteiger partial charge in [-0.1, -0.05) is 30.3 Å². The molecule has 2 heteroatoms. The van der Waals surface area contributed by atoms with Crippen LogP contribution in [-0.4, -0.2) is 6.54 Å². The minimum absolute atomic E-state index is 0.925. The molecule has 0 aromatic heterocycles. The summed E-state index contributed by atoms with van der Waals surface area (Å²) in [5.41, 5.74) is 8.27. The normalized spacial score (nSPS) is 38.3.